The second kappa shape index (κ2) is 6.32. The first-order chi connectivity index (χ1) is 11.7. The molecule has 0 aromatic heterocycles. The number of hydrogen-bond acceptors (Lipinski definition) is 3. The van der Waals surface area contributed by atoms with Crippen LogP contribution in [0.25, 0.3) is 0 Å². The van der Waals surface area contributed by atoms with Crippen LogP contribution in [0.15, 0.2) is 47.4 Å². The Morgan fingerprint density at radius 1 is 1.17 bits per heavy atom. The molecule has 0 unspecified atom stereocenters. The second-order valence-corrected chi connectivity index (χ2v) is 7.23. The van der Waals surface area contributed by atoms with Gasteiger partial charge in [0.05, 0.1) is 5.92 Å². The number of benzene rings is 2. The van der Waals surface area contributed by atoms with Gasteiger partial charge in [-0.15, -0.1) is 11.8 Å². The molecule has 0 fully saturated rings. The van der Waals surface area contributed by atoms with Crippen LogP contribution in [0, 0.1) is 0 Å². The van der Waals surface area contributed by atoms with Gasteiger partial charge in [-0.1, -0.05) is 18.2 Å². The lowest BCUT2D eigenvalue weighted by atomic mass is 10.00. The Kier molecular flexibility index (Phi) is 4.02. The van der Waals surface area contributed by atoms with E-state index in [4.69, 9.17) is 0 Å². The summed E-state index contributed by atoms with van der Waals surface area (Å²) in [5, 5.41) is 5.96. The van der Waals surface area contributed by atoms with Gasteiger partial charge in [-0.2, -0.15) is 0 Å². The van der Waals surface area contributed by atoms with Gasteiger partial charge >= 0.3 is 0 Å². The van der Waals surface area contributed by atoms with Crippen LogP contribution in [0.4, 0.5) is 11.4 Å². The Bertz CT molecular complexity index is 819. The number of amides is 2. The first kappa shape index (κ1) is 15.3. The van der Waals surface area contributed by atoms with Crippen molar-refractivity contribution in [3.05, 3.63) is 53.6 Å². The van der Waals surface area contributed by atoms with Gasteiger partial charge in [0.1, 0.15) is 0 Å². The number of carbonyl (C=O) groups excluding carboxylic acids is 2. The second-order valence-electron chi connectivity index (χ2n) is 6.16. The Labute approximate surface area is 145 Å². The summed E-state index contributed by atoms with van der Waals surface area (Å²) in [6.07, 6.45) is 2.23. The maximum atomic E-state index is 12.7. The van der Waals surface area contributed by atoms with Gasteiger partial charge in [0.15, 0.2) is 0 Å². The molecule has 0 radical (unpaired) electrons. The molecule has 0 saturated heterocycles. The standard InChI is InChI=1S/C19H18N2O2S/c22-18-7-3-4-12-10-13(8-9-16(12)21-18)20-19(23)15-11-24-17-6-2-1-5-14(15)17/h1-2,5-6,8-10,15H,3-4,7,11H2,(H,20,23)(H,21,22)/t15-/m1/s1. The largest absolute Gasteiger partial charge is 0.326 e. The van der Waals surface area contributed by atoms with E-state index in [9.17, 15) is 9.59 Å². The third-order valence-corrected chi connectivity index (χ3v) is 5.70. The van der Waals surface area contributed by atoms with Crippen molar-refractivity contribution in [1.82, 2.24) is 0 Å². The van der Waals surface area contributed by atoms with E-state index in [1.165, 1.54) is 4.90 Å². The number of carbonyl (C=O) groups is 2. The third-order valence-electron chi connectivity index (χ3n) is 4.51. The van der Waals surface area contributed by atoms with Crippen LogP contribution in [0.5, 0.6) is 0 Å². The third kappa shape index (κ3) is 2.91. The Hall–Kier alpha value is -2.27. The van der Waals surface area contributed by atoms with Crippen LogP contribution in [-0.2, 0) is 16.0 Å². The van der Waals surface area contributed by atoms with Crippen molar-refractivity contribution in [3.63, 3.8) is 0 Å². The van der Waals surface area contributed by atoms with Gasteiger partial charge in [0.2, 0.25) is 11.8 Å². The lowest BCUT2D eigenvalue weighted by Crippen LogP contribution is -2.21. The van der Waals surface area contributed by atoms with Crippen molar-refractivity contribution in [2.24, 2.45) is 0 Å². The van der Waals surface area contributed by atoms with Gasteiger partial charge in [-0.05, 0) is 48.2 Å². The molecule has 2 amide bonds. The van der Waals surface area contributed by atoms with Gasteiger partial charge in [0.25, 0.3) is 0 Å². The molecule has 24 heavy (non-hydrogen) atoms. The monoisotopic (exact) mass is 338 g/mol. The zero-order chi connectivity index (χ0) is 16.5. The predicted octanol–water partition coefficient (Wildman–Crippen LogP) is 3.79. The molecule has 2 heterocycles. The molecular weight excluding hydrogens is 320 g/mol. The summed E-state index contributed by atoms with van der Waals surface area (Å²) in [4.78, 5) is 25.5. The Morgan fingerprint density at radius 2 is 2.04 bits per heavy atom. The number of rotatable bonds is 2. The Balaban J connectivity index is 1.53. The summed E-state index contributed by atoms with van der Waals surface area (Å²) in [6.45, 7) is 0. The first-order valence-electron chi connectivity index (χ1n) is 8.16. The first-order valence-corrected chi connectivity index (χ1v) is 9.14. The highest BCUT2D eigenvalue weighted by atomic mass is 32.2. The molecule has 2 aliphatic heterocycles. The van der Waals surface area contributed by atoms with Crippen LogP contribution in [0.2, 0.25) is 0 Å². The fraction of sp³-hybridized carbons (Fsp3) is 0.263. The molecule has 0 spiro atoms. The van der Waals surface area contributed by atoms with E-state index in [-0.39, 0.29) is 17.7 Å². The summed E-state index contributed by atoms with van der Waals surface area (Å²) in [7, 11) is 0. The van der Waals surface area contributed by atoms with Crippen molar-refractivity contribution < 1.29 is 9.59 Å². The molecule has 0 aliphatic carbocycles. The van der Waals surface area contributed by atoms with Gasteiger partial charge in [0, 0.05) is 28.4 Å². The average Bonchev–Trinajstić information content (AvgIpc) is 2.92. The molecule has 5 heteroatoms. The summed E-state index contributed by atoms with van der Waals surface area (Å²) in [5.41, 5.74) is 3.85. The number of anilines is 2. The highest BCUT2D eigenvalue weighted by molar-refractivity contribution is 7.99. The minimum Gasteiger partial charge on any atom is -0.326 e. The van der Waals surface area contributed by atoms with E-state index in [0.29, 0.717) is 6.42 Å². The molecule has 2 aliphatic rings. The molecule has 122 valence electrons. The number of hydrogen-bond donors (Lipinski definition) is 2. The van der Waals surface area contributed by atoms with E-state index in [0.717, 1.165) is 41.1 Å². The van der Waals surface area contributed by atoms with Crippen LogP contribution in [-0.4, -0.2) is 17.6 Å². The minimum absolute atomic E-state index is 0.0325. The number of thioether (sulfide) groups is 1. The van der Waals surface area contributed by atoms with Crippen molar-refractivity contribution in [2.45, 2.75) is 30.1 Å². The van der Waals surface area contributed by atoms with Crippen molar-refractivity contribution in [3.8, 4) is 0 Å². The quantitative estimate of drug-likeness (QED) is 0.876. The van der Waals surface area contributed by atoms with E-state index < -0.39 is 0 Å². The van der Waals surface area contributed by atoms with Gasteiger partial charge < -0.3 is 10.6 Å². The predicted molar refractivity (Wildman–Crippen MR) is 96.5 cm³/mol. The number of aryl methyl sites for hydroxylation is 1. The minimum atomic E-state index is -0.107. The van der Waals surface area contributed by atoms with Crippen molar-refractivity contribution in [2.75, 3.05) is 16.4 Å². The molecule has 0 bridgehead atoms. The summed E-state index contributed by atoms with van der Waals surface area (Å²) >= 11 is 1.73. The maximum Gasteiger partial charge on any atom is 0.232 e. The van der Waals surface area contributed by atoms with Crippen LogP contribution < -0.4 is 10.6 Å². The fourth-order valence-corrected chi connectivity index (χ4v) is 4.49. The maximum absolute atomic E-state index is 12.7. The highest BCUT2D eigenvalue weighted by Crippen LogP contribution is 2.39. The van der Waals surface area contributed by atoms with E-state index in [2.05, 4.69) is 16.7 Å². The van der Waals surface area contributed by atoms with Gasteiger partial charge in [-0.3, -0.25) is 9.59 Å². The molecule has 2 aromatic carbocycles. The molecule has 4 rings (SSSR count). The summed E-state index contributed by atoms with van der Waals surface area (Å²) < 4.78 is 0. The zero-order valence-corrected chi connectivity index (χ0v) is 14.0. The SMILES string of the molecule is O=C1CCCc2cc(NC(=O)[C@@H]3CSc4ccccc43)ccc2N1. The van der Waals surface area contributed by atoms with Crippen molar-refractivity contribution in [1.29, 1.82) is 0 Å². The van der Waals surface area contributed by atoms with E-state index in [1.54, 1.807) is 11.8 Å². The lowest BCUT2D eigenvalue weighted by Gasteiger charge is -2.14. The summed E-state index contributed by atoms with van der Waals surface area (Å²) in [5.74, 6) is 0.770. The zero-order valence-electron chi connectivity index (χ0n) is 13.2. The number of nitrogens with one attached hydrogen (secondary N) is 2. The molecule has 2 N–H and O–H groups in total. The fourth-order valence-electron chi connectivity index (χ4n) is 3.26. The molecular formula is C19H18N2O2S. The Morgan fingerprint density at radius 3 is 2.96 bits per heavy atom. The topological polar surface area (TPSA) is 58.2 Å². The molecule has 0 saturated carbocycles. The normalized spacial score (nSPS) is 19.0. The van der Waals surface area contributed by atoms with Crippen LogP contribution >= 0.6 is 11.8 Å². The number of fused-ring (bicyclic) bond motifs is 2. The highest BCUT2D eigenvalue weighted by Gasteiger charge is 2.29. The molecule has 1 atom stereocenters. The van der Waals surface area contributed by atoms with E-state index in [1.807, 2.05) is 36.4 Å². The lowest BCUT2D eigenvalue weighted by molar-refractivity contribution is -0.117. The average molecular weight is 338 g/mol. The smallest absolute Gasteiger partial charge is 0.232 e. The van der Waals surface area contributed by atoms with Crippen LogP contribution in [0.3, 0.4) is 0 Å². The van der Waals surface area contributed by atoms with Crippen LogP contribution in [0.1, 0.15) is 29.9 Å². The molecule has 2 aromatic rings. The van der Waals surface area contributed by atoms with E-state index >= 15 is 0 Å². The summed E-state index contributed by atoms with van der Waals surface area (Å²) in [6, 6.07) is 13.8. The molecule has 4 nitrogen and oxygen atoms in total. The van der Waals surface area contributed by atoms with Crippen molar-refractivity contribution >= 4 is 35.0 Å². The van der Waals surface area contributed by atoms with Gasteiger partial charge in [-0.25, -0.2) is 0 Å².